The number of hydrogen-bond acceptors (Lipinski definition) is 4. The van der Waals surface area contributed by atoms with E-state index in [2.05, 4.69) is 10.3 Å². The second-order valence-electron chi connectivity index (χ2n) is 5.79. The zero-order chi connectivity index (χ0) is 19.4. The highest BCUT2D eigenvalue weighted by molar-refractivity contribution is 7.91. The number of carbonyl (C=O) groups is 1. The van der Waals surface area contributed by atoms with Crippen molar-refractivity contribution < 1.29 is 17.6 Å². The molecule has 138 valence electrons. The lowest BCUT2D eigenvalue weighted by atomic mass is 10.1. The third-order valence-corrected chi connectivity index (χ3v) is 5.78. The predicted octanol–water partition coefficient (Wildman–Crippen LogP) is 3.93. The molecule has 0 aliphatic heterocycles. The maximum atomic E-state index is 13.8. The molecule has 0 bridgehead atoms. The van der Waals surface area contributed by atoms with Crippen LogP contribution in [0.5, 0.6) is 0 Å². The number of anilines is 1. The standard InChI is InChI=1S/C20H17FN2O3S/c1-2-27(25,26)17-11-9-16(10-12-17)23-20(24)15-7-5-14(6-8-15)19-18(21)4-3-13-22-19/h3-13H,2H2,1H3,(H,23,24). The van der Waals surface area contributed by atoms with Crippen LogP contribution < -0.4 is 5.32 Å². The average molecular weight is 384 g/mol. The molecule has 0 radical (unpaired) electrons. The molecule has 5 nitrogen and oxygen atoms in total. The van der Waals surface area contributed by atoms with E-state index >= 15 is 0 Å². The first-order chi connectivity index (χ1) is 12.9. The first kappa shape index (κ1) is 18.7. The van der Waals surface area contributed by atoms with Crippen LogP contribution in [0.15, 0.2) is 71.8 Å². The van der Waals surface area contributed by atoms with Gasteiger partial charge in [0.2, 0.25) is 0 Å². The summed E-state index contributed by atoms with van der Waals surface area (Å²) in [4.78, 5) is 16.6. The first-order valence-electron chi connectivity index (χ1n) is 8.26. The molecule has 0 saturated heterocycles. The van der Waals surface area contributed by atoms with Gasteiger partial charge in [-0.05, 0) is 48.5 Å². The SMILES string of the molecule is CCS(=O)(=O)c1ccc(NC(=O)c2ccc(-c3ncccc3F)cc2)cc1. The van der Waals surface area contributed by atoms with Crippen molar-refractivity contribution in [3.05, 3.63) is 78.2 Å². The van der Waals surface area contributed by atoms with Crippen LogP contribution in [0.25, 0.3) is 11.3 Å². The Labute approximate surface area is 156 Å². The molecular weight excluding hydrogens is 367 g/mol. The number of pyridine rings is 1. The summed E-state index contributed by atoms with van der Waals surface area (Å²) in [5, 5.41) is 2.70. The second-order valence-corrected chi connectivity index (χ2v) is 8.07. The average Bonchev–Trinajstić information content (AvgIpc) is 2.69. The summed E-state index contributed by atoms with van der Waals surface area (Å²) in [5.74, 6) is -0.770. The van der Waals surface area contributed by atoms with Gasteiger partial charge in [0.15, 0.2) is 9.84 Å². The van der Waals surface area contributed by atoms with Gasteiger partial charge >= 0.3 is 0 Å². The molecule has 3 aromatic rings. The molecule has 3 rings (SSSR count). The summed E-state index contributed by atoms with van der Waals surface area (Å²) in [7, 11) is -3.28. The highest BCUT2D eigenvalue weighted by Crippen LogP contribution is 2.21. The van der Waals surface area contributed by atoms with Crippen molar-refractivity contribution in [2.45, 2.75) is 11.8 Å². The molecule has 1 aromatic heterocycles. The van der Waals surface area contributed by atoms with Gasteiger partial charge in [-0.15, -0.1) is 0 Å². The zero-order valence-corrected chi connectivity index (χ0v) is 15.3. The Balaban J connectivity index is 1.74. The van der Waals surface area contributed by atoms with Crippen LogP contribution in [-0.2, 0) is 9.84 Å². The number of aromatic nitrogens is 1. The van der Waals surface area contributed by atoms with E-state index in [-0.39, 0.29) is 22.2 Å². The van der Waals surface area contributed by atoms with Crippen molar-refractivity contribution in [3.8, 4) is 11.3 Å². The Hall–Kier alpha value is -3.06. The second kappa shape index (κ2) is 7.67. The summed E-state index contributed by atoms with van der Waals surface area (Å²) in [6, 6.07) is 15.2. The molecule has 0 saturated carbocycles. The van der Waals surface area contributed by atoms with Crippen molar-refractivity contribution in [1.29, 1.82) is 0 Å². The summed E-state index contributed by atoms with van der Waals surface area (Å²) >= 11 is 0. The van der Waals surface area contributed by atoms with Gasteiger partial charge in [-0.2, -0.15) is 0 Å². The van der Waals surface area contributed by atoms with Crippen LogP contribution in [0.2, 0.25) is 0 Å². The van der Waals surface area contributed by atoms with Gasteiger partial charge in [-0.25, -0.2) is 12.8 Å². The third kappa shape index (κ3) is 4.20. The smallest absolute Gasteiger partial charge is 0.255 e. The van der Waals surface area contributed by atoms with E-state index in [1.807, 2.05) is 0 Å². The minimum atomic E-state index is -3.28. The maximum Gasteiger partial charge on any atom is 0.255 e. The lowest BCUT2D eigenvalue weighted by molar-refractivity contribution is 0.102. The number of carbonyl (C=O) groups excluding carboxylic acids is 1. The van der Waals surface area contributed by atoms with Crippen molar-refractivity contribution in [1.82, 2.24) is 4.98 Å². The molecule has 1 amide bonds. The molecule has 2 aromatic carbocycles. The monoisotopic (exact) mass is 384 g/mol. The quantitative estimate of drug-likeness (QED) is 0.723. The number of amides is 1. The maximum absolute atomic E-state index is 13.8. The van der Waals surface area contributed by atoms with Gasteiger partial charge < -0.3 is 5.32 Å². The molecule has 7 heteroatoms. The summed E-state index contributed by atoms with van der Waals surface area (Å²) in [6.45, 7) is 1.57. The van der Waals surface area contributed by atoms with Gasteiger partial charge in [0.25, 0.3) is 5.91 Å². The van der Waals surface area contributed by atoms with E-state index in [1.165, 1.54) is 42.6 Å². The Morgan fingerprint density at radius 2 is 1.70 bits per heavy atom. The number of nitrogens with zero attached hydrogens (tertiary/aromatic N) is 1. The molecule has 0 aliphatic carbocycles. The number of hydrogen-bond donors (Lipinski definition) is 1. The Bertz CT molecular complexity index is 1060. The Kier molecular flexibility index (Phi) is 5.32. The molecule has 0 fully saturated rings. The molecule has 0 aliphatic rings. The minimum Gasteiger partial charge on any atom is -0.322 e. The molecular formula is C20H17FN2O3S. The first-order valence-corrected chi connectivity index (χ1v) is 9.91. The molecule has 1 heterocycles. The van der Waals surface area contributed by atoms with Crippen LogP contribution in [0.1, 0.15) is 17.3 Å². The van der Waals surface area contributed by atoms with Gasteiger partial charge in [0.1, 0.15) is 11.5 Å². The summed E-state index contributed by atoms with van der Waals surface area (Å²) in [6.07, 6.45) is 1.50. The highest BCUT2D eigenvalue weighted by atomic mass is 32.2. The zero-order valence-electron chi connectivity index (χ0n) is 14.5. The number of nitrogens with one attached hydrogen (secondary N) is 1. The van der Waals surface area contributed by atoms with E-state index in [1.54, 1.807) is 31.2 Å². The van der Waals surface area contributed by atoms with Gasteiger partial charge in [-0.3, -0.25) is 9.78 Å². The number of benzene rings is 2. The van der Waals surface area contributed by atoms with Crippen molar-refractivity contribution >= 4 is 21.4 Å². The summed E-state index contributed by atoms with van der Waals surface area (Å²) < 4.78 is 37.4. The van der Waals surface area contributed by atoms with Gasteiger partial charge in [0, 0.05) is 23.0 Å². The van der Waals surface area contributed by atoms with E-state index < -0.39 is 15.7 Å². The van der Waals surface area contributed by atoms with Crippen LogP contribution in [-0.4, -0.2) is 25.1 Å². The molecule has 27 heavy (non-hydrogen) atoms. The lowest BCUT2D eigenvalue weighted by Gasteiger charge is -2.08. The van der Waals surface area contributed by atoms with E-state index in [0.717, 1.165) is 0 Å². The number of halogens is 1. The minimum absolute atomic E-state index is 0.0158. The number of rotatable bonds is 5. The van der Waals surface area contributed by atoms with Gasteiger partial charge in [0.05, 0.1) is 10.6 Å². The van der Waals surface area contributed by atoms with Crippen LogP contribution in [0.3, 0.4) is 0 Å². The fourth-order valence-electron chi connectivity index (χ4n) is 2.49. The fraction of sp³-hybridized carbons (Fsp3) is 0.100. The molecule has 0 atom stereocenters. The van der Waals surface area contributed by atoms with Crippen LogP contribution >= 0.6 is 0 Å². The van der Waals surface area contributed by atoms with Crippen molar-refractivity contribution in [3.63, 3.8) is 0 Å². The molecule has 0 spiro atoms. The van der Waals surface area contributed by atoms with E-state index in [4.69, 9.17) is 0 Å². The topological polar surface area (TPSA) is 76.1 Å². The molecule has 0 unspecified atom stereocenters. The van der Waals surface area contributed by atoms with Crippen molar-refractivity contribution in [2.75, 3.05) is 11.1 Å². The predicted molar refractivity (Wildman–Crippen MR) is 102 cm³/mol. The van der Waals surface area contributed by atoms with Crippen LogP contribution in [0.4, 0.5) is 10.1 Å². The largest absolute Gasteiger partial charge is 0.322 e. The Morgan fingerprint density at radius 3 is 2.30 bits per heavy atom. The third-order valence-electron chi connectivity index (χ3n) is 4.03. The van der Waals surface area contributed by atoms with E-state index in [9.17, 15) is 17.6 Å². The van der Waals surface area contributed by atoms with Gasteiger partial charge in [-0.1, -0.05) is 19.1 Å². The normalized spacial score (nSPS) is 11.2. The lowest BCUT2D eigenvalue weighted by Crippen LogP contribution is -2.12. The highest BCUT2D eigenvalue weighted by Gasteiger charge is 2.12. The Morgan fingerprint density at radius 1 is 1.04 bits per heavy atom. The fourth-order valence-corrected chi connectivity index (χ4v) is 3.38. The summed E-state index contributed by atoms with van der Waals surface area (Å²) in [5.41, 5.74) is 1.66. The van der Waals surface area contributed by atoms with Crippen LogP contribution in [0, 0.1) is 5.82 Å². The molecule has 1 N–H and O–H groups in total. The number of sulfone groups is 1. The van der Waals surface area contributed by atoms with E-state index in [0.29, 0.717) is 16.8 Å². The van der Waals surface area contributed by atoms with Crippen molar-refractivity contribution in [2.24, 2.45) is 0 Å².